The van der Waals surface area contributed by atoms with Crippen molar-refractivity contribution in [1.29, 1.82) is 0 Å². The van der Waals surface area contributed by atoms with Crippen molar-refractivity contribution in [2.45, 2.75) is 25.3 Å². The van der Waals surface area contributed by atoms with E-state index in [4.69, 9.17) is 0 Å². The average Bonchev–Trinajstić information content (AvgIpc) is 3.12. The molecule has 2 heteroatoms. The Kier molecular flexibility index (Phi) is 3.31. The van der Waals surface area contributed by atoms with Crippen LogP contribution in [-0.4, -0.2) is 17.4 Å². The van der Waals surface area contributed by atoms with Crippen molar-refractivity contribution in [3.05, 3.63) is 71.8 Å². The Labute approximate surface area is 120 Å². The number of carbonyl (C=O) groups is 1. The lowest BCUT2D eigenvalue weighted by atomic mass is 9.90. The smallest absolute Gasteiger partial charge is 0.259 e. The summed E-state index contributed by atoms with van der Waals surface area (Å²) in [7, 11) is 0. The Morgan fingerprint density at radius 1 is 0.900 bits per heavy atom. The minimum atomic E-state index is -0.544. The van der Waals surface area contributed by atoms with Gasteiger partial charge in [0.2, 0.25) is 0 Å². The van der Waals surface area contributed by atoms with E-state index >= 15 is 0 Å². The standard InChI is InChI=1S/C18H19NO/c1-2-3-14-19-17(20)18(19,15-10-6-4-7-11-15)16-12-8-5-9-13-16/h4-13H,2-3,14H2,1H3. The second-order valence-electron chi connectivity index (χ2n) is 5.25. The molecule has 1 fully saturated rings. The third-order valence-corrected chi connectivity index (χ3v) is 4.03. The van der Waals surface area contributed by atoms with Crippen LogP contribution in [0, 0.1) is 0 Å². The van der Waals surface area contributed by atoms with Crippen LogP contribution >= 0.6 is 0 Å². The zero-order valence-electron chi connectivity index (χ0n) is 11.8. The molecule has 1 aliphatic heterocycles. The van der Waals surface area contributed by atoms with Gasteiger partial charge in [-0.2, -0.15) is 0 Å². The third kappa shape index (κ3) is 1.83. The Balaban J connectivity index is 2.05. The fraction of sp³-hybridized carbons (Fsp3) is 0.278. The van der Waals surface area contributed by atoms with Crippen LogP contribution in [0.2, 0.25) is 0 Å². The van der Waals surface area contributed by atoms with Gasteiger partial charge in [0.1, 0.15) is 0 Å². The van der Waals surface area contributed by atoms with E-state index in [0.717, 1.165) is 30.5 Å². The summed E-state index contributed by atoms with van der Waals surface area (Å²) in [5.41, 5.74) is 1.61. The van der Waals surface area contributed by atoms with E-state index in [0.29, 0.717) is 0 Å². The summed E-state index contributed by atoms with van der Waals surface area (Å²) in [6.07, 6.45) is 2.15. The van der Waals surface area contributed by atoms with Gasteiger partial charge in [0.15, 0.2) is 5.54 Å². The van der Waals surface area contributed by atoms with E-state index in [-0.39, 0.29) is 5.91 Å². The summed E-state index contributed by atoms with van der Waals surface area (Å²) < 4.78 is 0. The summed E-state index contributed by atoms with van der Waals surface area (Å²) in [5, 5.41) is 0. The maximum absolute atomic E-state index is 12.6. The fourth-order valence-corrected chi connectivity index (χ4v) is 2.94. The van der Waals surface area contributed by atoms with Crippen LogP contribution in [0.3, 0.4) is 0 Å². The lowest BCUT2D eigenvalue weighted by Gasteiger charge is -2.16. The van der Waals surface area contributed by atoms with Gasteiger partial charge in [0.05, 0.1) is 0 Å². The molecule has 1 amide bonds. The Morgan fingerprint density at radius 2 is 1.40 bits per heavy atom. The average molecular weight is 265 g/mol. The summed E-state index contributed by atoms with van der Waals surface area (Å²) in [6.45, 7) is 2.99. The lowest BCUT2D eigenvalue weighted by Crippen LogP contribution is -2.19. The number of hydrogen-bond donors (Lipinski definition) is 0. The third-order valence-electron chi connectivity index (χ3n) is 4.03. The van der Waals surface area contributed by atoms with E-state index in [1.165, 1.54) is 0 Å². The summed E-state index contributed by atoms with van der Waals surface area (Å²) in [5.74, 6) is 0.225. The van der Waals surface area contributed by atoms with Gasteiger partial charge >= 0.3 is 0 Å². The molecule has 1 heterocycles. The number of benzene rings is 2. The molecule has 102 valence electrons. The molecular formula is C18H19NO. The van der Waals surface area contributed by atoms with Crippen molar-refractivity contribution >= 4 is 5.91 Å². The highest BCUT2D eigenvalue weighted by Gasteiger charge is 2.64. The second kappa shape index (κ2) is 5.12. The highest BCUT2D eigenvalue weighted by Crippen LogP contribution is 2.49. The molecule has 1 saturated heterocycles. The number of amides is 1. The van der Waals surface area contributed by atoms with Crippen molar-refractivity contribution in [3.63, 3.8) is 0 Å². The highest BCUT2D eigenvalue weighted by molar-refractivity contribution is 6.06. The van der Waals surface area contributed by atoms with Crippen molar-refractivity contribution in [2.75, 3.05) is 6.54 Å². The van der Waals surface area contributed by atoms with Crippen LogP contribution in [0.25, 0.3) is 0 Å². The summed E-state index contributed by atoms with van der Waals surface area (Å²) in [4.78, 5) is 14.6. The Morgan fingerprint density at radius 3 is 1.85 bits per heavy atom. The van der Waals surface area contributed by atoms with Crippen molar-refractivity contribution < 1.29 is 4.79 Å². The van der Waals surface area contributed by atoms with Crippen LogP contribution in [0.4, 0.5) is 0 Å². The van der Waals surface area contributed by atoms with Crippen LogP contribution in [0.5, 0.6) is 0 Å². The minimum absolute atomic E-state index is 0.225. The van der Waals surface area contributed by atoms with Crippen LogP contribution in [0.15, 0.2) is 60.7 Å². The van der Waals surface area contributed by atoms with Gasteiger partial charge < -0.3 is 4.90 Å². The van der Waals surface area contributed by atoms with Crippen LogP contribution < -0.4 is 0 Å². The zero-order chi connectivity index (χ0) is 14.0. The normalized spacial score (nSPS) is 16.2. The first kappa shape index (κ1) is 12.9. The number of hydrogen-bond acceptors (Lipinski definition) is 1. The maximum atomic E-state index is 12.6. The lowest BCUT2D eigenvalue weighted by molar-refractivity contribution is -0.114. The first-order chi connectivity index (χ1) is 9.81. The van der Waals surface area contributed by atoms with Gasteiger partial charge in [0.25, 0.3) is 5.91 Å². The molecule has 1 aliphatic rings. The van der Waals surface area contributed by atoms with Crippen LogP contribution in [-0.2, 0) is 10.3 Å². The number of rotatable bonds is 5. The fourth-order valence-electron chi connectivity index (χ4n) is 2.94. The molecule has 2 aromatic carbocycles. The molecule has 0 spiro atoms. The van der Waals surface area contributed by atoms with Crippen LogP contribution in [0.1, 0.15) is 30.9 Å². The van der Waals surface area contributed by atoms with Gasteiger partial charge in [-0.05, 0) is 17.5 Å². The van der Waals surface area contributed by atoms with Gasteiger partial charge in [0, 0.05) is 6.54 Å². The number of carbonyl (C=O) groups excluding carboxylic acids is 1. The van der Waals surface area contributed by atoms with E-state index in [1.807, 2.05) is 41.3 Å². The van der Waals surface area contributed by atoms with Crippen molar-refractivity contribution in [2.24, 2.45) is 0 Å². The Bertz CT molecular complexity index is 552. The topological polar surface area (TPSA) is 20.1 Å². The minimum Gasteiger partial charge on any atom is -0.318 e. The first-order valence-corrected chi connectivity index (χ1v) is 7.25. The summed E-state index contributed by atoms with van der Waals surface area (Å²) in [6, 6.07) is 20.2. The first-order valence-electron chi connectivity index (χ1n) is 7.25. The largest absolute Gasteiger partial charge is 0.318 e. The molecule has 0 atom stereocenters. The second-order valence-corrected chi connectivity index (χ2v) is 5.25. The van der Waals surface area contributed by atoms with Gasteiger partial charge in [-0.3, -0.25) is 4.79 Å². The quantitative estimate of drug-likeness (QED) is 0.757. The van der Waals surface area contributed by atoms with E-state index in [1.54, 1.807) is 0 Å². The molecule has 2 nitrogen and oxygen atoms in total. The van der Waals surface area contributed by atoms with E-state index < -0.39 is 5.54 Å². The molecule has 3 rings (SSSR count). The predicted molar refractivity (Wildman–Crippen MR) is 80.3 cm³/mol. The highest BCUT2D eigenvalue weighted by atomic mass is 16.2. The molecule has 0 aromatic heterocycles. The SMILES string of the molecule is CCCCN1C(=O)C1(c1ccccc1)c1ccccc1. The van der Waals surface area contributed by atoms with Crippen molar-refractivity contribution in [3.8, 4) is 0 Å². The maximum Gasteiger partial charge on any atom is 0.259 e. The molecule has 0 saturated carbocycles. The predicted octanol–water partition coefficient (Wildman–Crippen LogP) is 3.57. The molecule has 0 radical (unpaired) electrons. The number of unbranched alkanes of at least 4 members (excludes halogenated alkanes) is 1. The van der Waals surface area contributed by atoms with Gasteiger partial charge in [-0.1, -0.05) is 74.0 Å². The summed E-state index contributed by atoms with van der Waals surface area (Å²) >= 11 is 0. The molecule has 0 bridgehead atoms. The molecule has 0 N–H and O–H groups in total. The molecular weight excluding hydrogens is 246 g/mol. The van der Waals surface area contributed by atoms with E-state index in [9.17, 15) is 4.79 Å². The van der Waals surface area contributed by atoms with Gasteiger partial charge in [-0.25, -0.2) is 0 Å². The van der Waals surface area contributed by atoms with Crippen molar-refractivity contribution in [1.82, 2.24) is 4.90 Å². The number of nitrogens with zero attached hydrogens (tertiary/aromatic N) is 1. The zero-order valence-corrected chi connectivity index (χ0v) is 11.8. The molecule has 2 aromatic rings. The monoisotopic (exact) mass is 265 g/mol. The molecule has 0 aliphatic carbocycles. The molecule has 20 heavy (non-hydrogen) atoms. The van der Waals surface area contributed by atoms with Gasteiger partial charge in [-0.15, -0.1) is 0 Å². The molecule has 0 unspecified atom stereocenters. The Hall–Kier alpha value is -2.09. The van der Waals surface area contributed by atoms with E-state index in [2.05, 4.69) is 31.2 Å².